The molecule has 1 heterocycles. The molecule has 0 aromatic rings. The standard InChI is InChI=1S/C7H10N2O2/c1-2-3-4-5-6(10)9-7(11)8-5/h2-4H2,1H3,(H,9,10,11). The zero-order valence-electron chi connectivity index (χ0n) is 6.39. The minimum atomic E-state index is -0.527. The highest BCUT2D eigenvalue weighted by atomic mass is 16.2. The van der Waals surface area contributed by atoms with Crippen molar-refractivity contribution in [2.45, 2.75) is 26.2 Å². The maximum atomic E-state index is 10.8. The molecule has 60 valence electrons. The summed E-state index contributed by atoms with van der Waals surface area (Å²) in [6.07, 6.45) is 2.51. The molecule has 0 saturated heterocycles. The third-order valence-electron chi connectivity index (χ3n) is 1.49. The molecule has 4 heteroatoms. The normalized spacial score (nSPS) is 16.6. The van der Waals surface area contributed by atoms with Gasteiger partial charge in [0.1, 0.15) is 5.71 Å². The quantitative estimate of drug-likeness (QED) is 0.655. The average molecular weight is 154 g/mol. The van der Waals surface area contributed by atoms with Crippen LogP contribution in [0.5, 0.6) is 0 Å². The van der Waals surface area contributed by atoms with Crippen LogP contribution in [0.1, 0.15) is 26.2 Å². The van der Waals surface area contributed by atoms with Crippen molar-refractivity contribution in [1.29, 1.82) is 0 Å². The van der Waals surface area contributed by atoms with E-state index in [1.165, 1.54) is 0 Å². The summed E-state index contributed by atoms with van der Waals surface area (Å²) >= 11 is 0. The Labute approximate surface area is 64.7 Å². The Morgan fingerprint density at radius 3 is 2.64 bits per heavy atom. The summed E-state index contributed by atoms with van der Waals surface area (Å²) in [7, 11) is 0. The highest BCUT2D eigenvalue weighted by Gasteiger charge is 2.21. The minimum absolute atomic E-state index is 0.330. The first-order valence-corrected chi connectivity index (χ1v) is 3.67. The maximum Gasteiger partial charge on any atom is 0.348 e. The van der Waals surface area contributed by atoms with E-state index in [1.807, 2.05) is 6.92 Å². The number of rotatable bonds is 3. The van der Waals surface area contributed by atoms with Crippen molar-refractivity contribution in [2.75, 3.05) is 0 Å². The van der Waals surface area contributed by atoms with E-state index in [0.29, 0.717) is 12.1 Å². The second kappa shape index (κ2) is 3.27. The smallest absolute Gasteiger partial charge is 0.271 e. The van der Waals surface area contributed by atoms with Crippen LogP contribution in [0.25, 0.3) is 0 Å². The van der Waals surface area contributed by atoms with Crippen molar-refractivity contribution in [3.05, 3.63) is 0 Å². The van der Waals surface area contributed by atoms with Gasteiger partial charge in [0.15, 0.2) is 0 Å². The van der Waals surface area contributed by atoms with E-state index in [2.05, 4.69) is 10.3 Å². The molecule has 1 aliphatic rings. The fourth-order valence-electron chi connectivity index (χ4n) is 0.884. The minimum Gasteiger partial charge on any atom is -0.271 e. The molecule has 3 amide bonds. The largest absolute Gasteiger partial charge is 0.348 e. The molecule has 0 aromatic heterocycles. The van der Waals surface area contributed by atoms with Gasteiger partial charge >= 0.3 is 6.03 Å². The van der Waals surface area contributed by atoms with Crippen LogP contribution in [-0.4, -0.2) is 17.6 Å². The lowest BCUT2D eigenvalue weighted by molar-refractivity contribution is -0.113. The molecule has 0 fully saturated rings. The molecule has 0 unspecified atom stereocenters. The molecule has 1 rings (SSSR count). The summed E-state index contributed by atoms with van der Waals surface area (Å²) in [6.45, 7) is 2.02. The van der Waals surface area contributed by atoms with Gasteiger partial charge in [0.05, 0.1) is 0 Å². The lowest BCUT2D eigenvalue weighted by Gasteiger charge is -1.92. The first-order chi connectivity index (χ1) is 5.24. The van der Waals surface area contributed by atoms with Crippen molar-refractivity contribution < 1.29 is 9.59 Å². The molecular weight excluding hydrogens is 144 g/mol. The Bertz CT molecular complexity index is 220. The van der Waals surface area contributed by atoms with Crippen molar-refractivity contribution in [1.82, 2.24) is 5.32 Å². The van der Waals surface area contributed by atoms with Crippen molar-refractivity contribution >= 4 is 17.6 Å². The molecule has 0 radical (unpaired) electrons. The van der Waals surface area contributed by atoms with E-state index in [0.717, 1.165) is 12.8 Å². The Kier molecular flexibility index (Phi) is 2.36. The number of hydrogen-bond acceptors (Lipinski definition) is 2. The van der Waals surface area contributed by atoms with Crippen LogP contribution >= 0.6 is 0 Å². The number of aliphatic imine (C=N–C) groups is 1. The van der Waals surface area contributed by atoms with Gasteiger partial charge in [-0.15, -0.1) is 0 Å². The van der Waals surface area contributed by atoms with Crippen LogP contribution in [0.2, 0.25) is 0 Å². The summed E-state index contributed by atoms with van der Waals surface area (Å²) in [5.74, 6) is -0.330. The number of hydrogen-bond donors (Lipinski definition) is 1. The number of amides is 3. The summed E-state index contributed by atoms with van der Waals surface area (Å²) in [4.78, 5) is 24.9. The number of carbonyl (C=O) groups excluding carboxylic acids is 2. The van der Waals surface area contributed by atoms with E-state index in [9.17, 15) is 9.59 Å². The molecule has 1 aliphatic heterocycles. The third-order valence-corrected chi connectivity index (χ3v) is 1.49. The number of nitrogens with zero attached hydrogens (tertiary/aromatic N) is 1. The van der Waals surface area contributed by atoms with Crippen LogP contribution in [0, 0.1) is 0 Å². The molecular formula is C7H10N2O2. The molecule has 0 aliphatic carbocycles. The first kappa shape index (κ1) is 7.91. The monoisotopic (exact) mass is 154 g/mol. The van der Waals surface area contributed by atoms with Gasteiger partial charge in [0.2, 0.25) is 0 Å². The van der Waals surface area contributed by atoms with E-state index in [1.54, 1.807) is 0 Å². The fraction of sp³-hybridized carbons (Fsp3) is 0.571. The predicted molar refractivity (Wildman–Crippen MR) is 40.5 cm³/mol. The highest BCUT2D eigenvalue weighted by Crippen LogP contribution is 2.01. The van der Waals surface area contributed by atoms with Gasteiger partial charge in [0, 0.05) is 0 Å². The van der Waals surface area contributed by atoms with Gasteiger partial charge in [-0.3, -0.25) is 10.1 Å². The molecule has 0 bridgehead atoms. The lowest BCUT2D eigenvalue weighted by Crippen LogP contribution is -2.25. The third kappa shape index (κ3) is 1.86. The summed E-state index contributed by atoms with van der Waals surface area (Å²) < 4.78 is 0. The van der Waals surface area contributed by atoms with Crippen LogP contribution in [0.4, 0.5) is 4.79 Å². The number of carbonyl (C=O) groups is 2. The Hall–Kier alpha value is -1.19. The van der Waals surface area contributed by atoms with Crippen LogP contribution < -0.4 is 5.32 Å². The van der Waals surface area contributed by atoms with Gasteiger partial charge in [-0.1, -0.05) is 13.3 Å². The first-order valence-electron chi connectivity index (χ1n) is 3.67. The fourth-order valence-corrected chi connectivity index (χ4v) is 0.884. The van der Waals surface area contributed by atoms with Crippen molar-refractivity contribution in [2.24, 2.45) is 4.99 Å². The number of urea groups is 1. The van der Waals surface area contributed by atoms with Crippen molar-refractivity contribution in [3.63, 3.8) is 0 Å². The van der Waals surface area contributed by atoms with Crippen LogP contribution in [0.3, 0.4) is 0 Å². The lowest BCUT2D eigenvalue weighted by atomic mass is 10.2. The van der Waals surface area contributed by atoms with E-state index in [4.69, 9.17) is 0 Å². The Morgan fingerprint density at radius 1 is 1.45 bits per heavy atom. The van der Waals surface area contributed by atoms with Gasteiger partial charge in [0.25, 0.3) is 5.91 Å². The number of unbranched alkanes of at least 4 members (excludes halogenated alkanes) is 1. The van der Waals surface area contributed by atoms with Crippen LogP contribution in [-0.2, 0) is 4.79 Å². The Balaban J connectivity index is 2.50. The molecule has 0 atom stereocenters. The van der Waals surface area contributed by atoms with Gasteiger partial charge in [-0.2, -0.15) is 4.99 Å². The summed E-state index contributed by atoms with van der Waals surface area (Å²) in [5.41, 5.74) is 0.372. The SMILES string of the molecule is CCCCC1=NC(=O)NC1=O. The van der Waals surface area contributed by atoms with Gasteiger partial charge in [-0.05, 0) is 12.8 Å². The van der Waals surface area contributed by atoms with Gasteiger partial charge in [-0.25, -0.2) is 4.79 Å². The second-order valence-corrected chi connectivity index (χ2v) is 2.42. The van der Waals surface area contributed by atoms with Gasteiger partial charge < -0.3 is 0 Å². The number of nitrogens with one attached hydrogen (secondary N) is 1. The maximum absolute atomic E-state index is 10.8. The molecule has 0 aromatic carbocycles. The average Bonchev–Trinajstić information content (AvgIpc) is 2.26. The summed E-state index contributed by atoms with van der Waals surface area (Å²) in [5, 5.41) is 2.09. The highest BCUT2D eigenvalue weighted by molar-refractivity contribution is 6.46. The zero-order chi connectivity index (χ0) is 8.27. The van der Waals surface area contributed by atoms with Crippen molar-refractivity contribution in [3.8, 4) is 0 Å². The van der Waals surface area contributed by atoms with E-state index < -0.39 is 6.03 Å². The molecule has 4 nitrogen and oxygen atoms in total. The zero-order valence-corrected chi connectivity index (χ0v) is 6.39. The molecule has 1 N–H and O–H groups in total. The second-order valence-electron chi connectivity index (χ2n) is 2.42. The molecule has 0 saturated carbocycles. The summed E-state index contributed by atoms with van der Waals surface area (Å²) in [6, 6.07) is -0.527. The van der Waals surface area contributed by atoms with Crippen LogP contribution in [0.15, 0.2) is 4.99 Å². The predicted octanol–water partition coefficient (Wildman–Crippen LogP) is 0.867. The molecule has 11 heavy (non-hydrogen) atoms. The van der Waals surface area contributed by atoms with E-state index >= 15 is 0 Å². The molecule has 0 spiro atoms. The van der Waals surface area contributed by atoms with E-state index in [-0.39, 0.29) is 5.91 Å². The Morgan fingerprint density at radius 2 is 2.18 bits per heavy atom. The number of imide groups is 1. The topological polar surface area (TPSA) is 58.5 Å².